The van der Waals surface area contributed by atoms with Crippen molar-refractivity contribution < 1.29 is 31.5 Å². The third-order valence-electron chi connectivity index (χ3n) is 6.03. The zero-order valence-corrected chi connectivity index (χ0v) is 23.0. The number of aromatic nitrogens is 2. The van der Waals surface area contributed by atoms with Gasteiger partial charge in [0.15, 0.2) is 11.6 Å². The lowest BCUT2D eigenvalue weighted by atomic mass is 10.1. The van der Waals surface area contributed by atoms with E-state index in [2.05, 4.69) is 10.4 Å². The minimum absolute atomic E-state index is 0.131. The van der Waals surface area contributed by atoms with E-state index >= 15 is 0 Å². The van der Waals surface area contributed by atoms with Crippen LogP contribution in [0.25, 0.3) is 0 Å². The number of ether oxygens (including phenoxy) is 1. The second-order valence-corrected chi connectivity index (χ2v) is 10.9. The van der Waals surface area contributed by atoms with Gasteiger partial charge >= 0.3 is 0 Å². The Kier molecular flexibility index (Phi) is 9.45. The van der Waals surface area contributed by atoms with E-state index in [1.807, 2.05) is 30.0 Å². The monoisotopic (exact) mass is 582 g/mol. The highest BCUT2D eigenvalue weighted by atomic mass is 32.2. The van der Waals surface area contributed by atoms with E-state index in [0.29, 0.717) is 35.6 Å². The van der Waals surface area contributed by atoms with Crippen molar-refractivity contribution in [3.05, 3.63) is 113 Å². The Morgan fingerprint density at radius 3 is 2.56 bits per heavy atom. The van der Waals surface area contributed by atoms with Gasteiger partial charge in [-0.3, -0.25) is 14.3 Å². The molecule has 9 nitrogen and oxygen atoms in total. The average molecular weight is 583 g/mol. The zero-order chi connectivity index (χ0) is 29.4. The first-order valence-corrected chi connectivity index (χ1v) is 14.2. The second kappa shape index (κ2) is 13.2. The molecule has 0 aliphatic rings. The van der Waals surface area contributed by atoms with E-state index in [1.54, 1.807) is 47.3 Å². The summed E-state index contributed by atoms with van der Waals surface area (Å²) in [4.78, 5) is 24.3. The minimum atomic E-state index is -4.39. The maximum Gasteiger partial charge on any atom is 0.264 e. The molecule has 0 saturated heterocycles. The van der Waals surface area contributed by atoms with Crippen molar-refractivity contribution in [1.82, 2.24) is 19.8 Å². The van der Waals surface area contributed by atoms with Crippen LogP contribution in [0.15, 0.2) is 84.0 Å². The largest absolute Gasteiger partial charge is 0.491 e. The first-order valence-electron chi connectivity index (χ1n) is 12.7. The molecule has 0 fully saturated rings. The SMILES string of the molecule is Cc1cccc(C(=O)NCCOc2cc(Cn3cccn3)ccc2CCC(=O)NS(=O)(=O)c2ccc(F)c(F)c2)c1. The van der Waals surface area contributed by atoms with Crippen LogP contribution in [-0.4, -0.2) is 43.2 Å². The predicted octanol–water partition coefficient (Wildman–Crippen LogP) is 3.76. The van der Waals surface area contributed by atoms with Gasteiger partial charge in [0.05, 0.1) is 18.0 Å². The van der Waals surface area contributed by atoms with E-state index in [-0.39, 0.29) is 31.9 Å². The van der Waals surface area contributed by atoms with Crippen LogP contribution in [0.4, 0.5) is 8.78 Å². The number of aryl methyl sites for hydroxylation is 2. The fraction of sp³-hybridized carbons (Fsp3) is 0.207. The second-order valence-electron chi connectivity index (χ2n) is 9.22. The molecule has 3 aromatic carbocycles. The Morgan fingerprint density at radius 2 is 1.83 bits per heavy atom. The van der Waals surface area contributed by atoms with Crippen LogP contribution in [-0.2, 0) is 27.8 Å². The maximum absolute atomic E-state index is 13.5. The van der Waals surface area contributed by atoms with Crippen molar-refractivity contribution in [3.8, 4) is 5.75 Å². The van der Waals surface area contributed by atoms with Crippen molar-refractivity contribution in [1.29, 1.82) is 0 Å². The predicted molar refractivity (Wildman–Crippen MR) is 147 cm³/mol. The highest BCUT2D eigenvalue weighted by molar-refractivity contribution is 7.90. The molecule has 1 aromatic heterocycles. The lowest BCUT2D eigenvalue weighted by molar-refractivity contribution is -0.119. The fourth-order valence-corrected chi connectivity index (χ4v) is 5.01. The smallest absolute Gasteiger partial charge is 0.264 e. The number of nitrogens with zero attached hydrogens (tertiary/aromatic N) is 2. The minimum Gasteiger partial charge on any atom is -0.491 e. The molecule has 0 spiro atoms. The average Bonchev–Trinajstić information content (AvgIpc) is 3.44. The van der Waals surface area contributed by atoms with Gasteiger partial charge < -0.3 is 10.1 Å². The lowest BCUT2D eigenvalue weighted by Crippen LogP contribution is -2.31. The Balaban J connectivity index is 1.40. The topological polar surface area (TPSA) is 119 Å². The summed E-state index contributed by atoms with van der Waals surface area (Å²) in [6.45, 7) is 2.74. The highest BCUT2D eigenvalue weighted by Crippen LogP contribution is 2.23. The van der Waals surface area contributed by atoms with Gasteiger partial charge in [-0.05, 0) is 66.9 Å². The Bertz CT molecular complexity index is 1640. The third-order valence-corrected chi connectivity index (χ3v) is 7.40. The van der Waals surface area contributed by atoms with Gasteiger partial charge in [-0.1, -0.05) is 29.8 Å². The van der Waals surface area contributed by atoms with E-state index < -0.39 is 32.5 Å². The number of rotatable bonds is 12. The summed E-state index contributed by atoms with van der Waals surface area (Å²) in [5.74, 6) is -3.13. The first kappa shape index (κ1) is 29.4. The molecule has 1 heterocycles. The number of halogens is 2. The first-order chi connectivity index (χ1) is 19.6. The van der Waals surface area contributed by atoms with Crippen LogP contribution >= 0.6 is 0 Å². The number of nitrogens with one attached hydrogen (secondary N) is 2. The van der Waals surface area contributed by atoms with E-state index in [0.717, 1.165) is 17.2 Å². The molecule has 0 saturated carbocycles. The molecule has 2 N–H and O–H groups in total. The number of amides is 2. The molecule has 0 aliphatic carbocycles. The summed E-state index contributed by atoms with van der Waals surface area (Å²) in [5.41, 5.74) is 3.02. The normalized spacial score (nSPS) is 11.2. The number of carbonyl (C=O) groups is 2. The zero-order valence-electron chi connectivity index (χ0n) is 22.1. The summed E-state index contributed by atoms with van der Waals surface area (Å²) in [6.07, 6.45) is 3.39. The molecule has 2 amide bonds. The van der Waals surface area contributed by atoms with Crippen LogP contribution < -0.4 is 14.8 Å². The third kappa shape index (κ3) is 8.21. The molecule has 4 aromatic rings. The van der Waals surface area contributed by atoms with Crippen LogP contribution in [0.3, 0.4) is 0 Å². The van der Waals surface area contributed by atoms with Crippen LogP contribution in [0.5, 0.6) is 5.75 Å². The van der Waals surface area contributed by atoms with Crippen molar-refractivity contribution in [2.45, 2.75) is 31.2 Å². The van der Waals surface area contributed by atoms with Gasteiger partial charge in [0.25, 0.3) is 15.9 Å². The molecule has 0 atom stereocenters. The van der Waals surface area contributed by atoms with Crippen LogP contribution in [0.1, 0.15) is 33.5 Å². The molecule has 214 valence electrons. The summed E-state index contributed by atoms with van der Waals surface area (Å²) in [6, 6.07) is 16.5. The fourth-order valence-electron chi connectivity index (χ4n) is 3.99. The molecule has 4 rings (SSSR count). The van der Waals surface area contributed by atoms with E-state index in [1.165, 1.54) is 0 Å². The Hall–Kier alpha value is -4.58. The number of sulfonamides is 1. The molecule has 0 aliphatic heterocycles. The number of hydrogen-bond acceptors (Lipinski definition) is 6. The highest BCUT2D eigenvalue weighted by Gasteiger charge is 2.20. The van der Waals surface area contributed by atoms with Crippen LogP contribution in [0, 0.1) is 18.6 Å². The van der Waals surface area contributed by atoms with E-state index in [4.69, 9.17) is 4.74 Å². The van der Waals surface area contributed by atoms with Crippen molar-refractivity contribution in [2.75, 3.05) is 13.2 Å². The Morgan fingerprint density at radius 1 is 1.00 bits per heavy atom. The summed E-state index contributed by atoms with van der Waals surface area (Å²) in [7, 11) is -4.39. The molecule has 41 heavy (non-hydrogen) atoms. The van der Waals surface area contributed by atoms with Gasteiger partial charge in [-0.15, -0.1) is 0 Å². The number of carbonyl (C=O) groups excluding carboxylic acids is 2. The van der Waals surface area contributed by atoms with Gasteiger partial charge in [-0.2, -0.15) is 5.10 Å². The molecule has 0 bridgehead atoms. The van der Waals surface area contributed by atoms with Crippen LogP contribution in [0.2, 0.25) is 0 Å². The molecular formula is C29H28F2N4O5S. The van der Waals surface area contributed by atoms with Gasteiger partial charge in [-0.25, -0.2) is 21.9 Å². The maximum atomic E-state index is 13.5. The number of benzene rings is 3. The Labute approximate surface area is 236 Å². The summed E-state index contributed by atoms with van der Waals surface area (Å²) in [5, 5.41) is 7.00. The van der Waals surface area contributed by atoms with Crippen molar-refractivity contribution in [2.24, 2.45) is 0 Å². The summed E-state index contributed by atoms with van der Waals surface area (Å²) < 4.78 is 61.1. The van der Waals surface area contributed by atoms with Crippen molar-refractivity contribution >= 4 is 21.8 Å². The number of hydrogen-bond donors (Lipinski definition) is 2. The van der Waals surface area contributed by atoms with E-state index in [9.17, 15) is 26.8 Å². The van der Waals surface area contributed by atoms with Crippen molar-refractivity contribution in [3.63, 3.8) is 0 Å². The molecule has 0 radical (unpaired) electrons. The van der Waals surface area contributed by atoms with Gasteiger partial charge in [0.2, 0.25) is 5.91 Å². The lowest BCUT2D eigenvalue weighted by Gasteiger charge is -2.14. The molecule has 12 heteroatoms. The molecule has 0 unspecified atom stereocenters. The van der Waals surface area contributed by atoms with Gasteiger partial charge in [0, 0.05) is 24.4 Å². The standard InChI is InChI=1S/C29H28F2N4O5S/c1-20-4-2-5-23(16-20)29(37)32-13-15-40-27-17-21(19-35-14-3-12-33-35)6-7-22(27)8-11-28(36)34-41(38,39)24-9-10-25(30)26(31)18-24/h2-7,9-10,12,14,16-18H,8,11,13,15,19H2,1H3,(H,32,37)(H,34,36). The van der Waals surface area contributed by atoms with Gasteiger partial charge in [0.1, 0.15) is 12.4 Å². The summed E-state index contributed by atoms with van der Waals surface area (Å²) >= 11 is 0. The molecular weight excluding hydrogens is 554 g/mol. The quantitative estimate of drug-likeness (QED) is 0.246.